The van der Waals surface area contributed by atoms with Crippen molar-refractivity contribution >= 4 is 11.7 Å². The summed E-state index contributed by atoms with van der Waals surface area (Å²) in [6, 6.07) is 5.20. The molecule has 1 aliphatic rings. The summed E-state index contributed by atoms with van der Waals surface area (Å²) in [5.41, 5.74) is 2.44. The fourth-order valence-corrected chi connectivity index (χ4v) is 2.21. The molecule has 0 radical (unpaired) electrons. The number of aryl methyl sites for hydroxylation is 1. The Labute approximate surface area is 95.7 Å². The molecule has 1 heterocycles. The third kappa shape index (κ3) is 2.18. The number of aromatic carboxylic acids is 1. The van der Waals surface area contributed by atoms with E-state index in [-0.39, 0.29) is 5.56 Å². The Bertz CT molecular complexity index is 395. The van der Waals surface area contributed by atoms with E-state index in [2.05, 4.69) is 4.90 Å². The quantitative estimate of drug-likeness (QED) is 0.752. The van der Waals surface area contributed by atoms with Crippen LogP contribution in [0.25, 0.3) is 0 Å². The van der Waals surface area contributed by atoms with Crippen LogP contribution in [0.1, 0.15) is 35.2 Å². The standard InChI is InChI=1S/C13H17NO2/c1-10-5-6-11(13(15)16)9-12(10)14-7-3-2-4-8-14/h5-6,9H,2-4,7-8H2,1H3,(H,15,16)/p-1. The number of hydrogen-bond acceptors (Lipinski definition) is 3. The maximum atomic E-state index is 10.8. The molecule has 86 valence electrons. The lowest BCUT2D eigenvalue weighted by molar-refractivity contribution is -0.255. The molecule has 3 nitrogen and oxygen atoms in total. The minimum Gasteiger partial charge on any atom is -0.545 e. The van der Waals surface area contributed by atoms with Crippen molar-refractivity contribution in [2.24, 2.45) is 0 Å². The number of benzene rings is 1. The minimum atomic E-state index is -1.10. The third-order valence-corrected chi connectivity index (χ3v) is 3.14. The summed E-state index contributed by atoms with van der Waals surface area (Å²) >= 11 is 0. The van der Waals surface area contributed by atoms with E-state index in [1.165, 1.54) is 19.3 Å². The summed E-state index contributed by atoms with van der Waals surface area (Å²) in [6.07, 6.45) is 3.65. The number of carbonyl (C=O) groups excluding carboxylic acids is 1. The first-order valence-corrected chi connectivity index (χ1v) is 5.75. The molecule has 3 heteroatoms. The van der Waals surface area contributed by atoms with E-state index in [9.17, 15) is 9.90 Å². The molecular formula is C13H16NO2-. The average molecular weight is 218 g/mol. The van der Waals surface area contributed by atoms with E-state index in [1.54, 1.807) is 12.1 Å². The number of carboxylic acid groups (broad SMARTS) is 1. The van der Waals surface area contributed by atoms with Gasteiger partial charge in [-0.25, -0.2) is 0 Å². The van der Waals surface area contributed by atoms with Gasteiger partial charge in [0.25, 0.3) is 0 Å². The van der Waals surface area contributed by atoms with Gasteiger partial charge in [-0.05, 0) is 43.4 Å². The predicted molar refractivity (Wildman–Crippen MR) is 61.6 cm³/mol. The zero-order chi connectivity index (χ0) is 11.5. The van der Waals surface area contributed by atoms with Crippen molar-refractivity contribution in [2.45, 2.75) is 26.2 Å². The number of carboxylic acids is 1. The van der Waals surface area contributed by atoms with Gasteiger partial charge < -0.3 is 14.8 Å². The molecule has 0 saturated carbocycles. The van der Waals surface area contributed by atoms with Gasteiger partial charge in [-0.2, -0.15) is 0 Å². The molecule has 16 heavy (non-hydrogen) atoms. The molecule has 0 amide bonds. The highest BCUT2D eigenvalue weighted by Crippen LogP contribution is 2.24. The topological polar surface area (TPSA) is 43.4 Å². The fraction of sp³-hybridized carbons (Fsp3) is 0.462. The predicted octanol–water partition coefficient (Wildman–Crippen LogP) is 1.35. The van der Waals surface area contributed by atoms with Crippen molar-refractivity contribution < 1.29 is 9.90 Å². The summed E-state index contributed by atoms with van der Waals surface area (Å²) in [7, 11) is 0. The SMILES string of the molecule is Cc1ccc(C(=O)[O-])cc1N1CCCCC1. The van der Waals surface area contributed by atoms with Crippen LogP contribution in [-0.2, 0) is 0 Å². The van der Waals surface area contributed by atoms with Crippen LogP contribution < -0.4 is 10.0 Å². The number of nitrogens with zero attached hydrogens (tertiary/aromatic N) is 1. The lowest BCUT2D eigenvalue weighted by Crippen LogP contribution is -2.30. The second-order valence-electron chi connectivity index (χ2n) is 4.34. The Morgan fingerprint density at radius 2 is 1.94 bits per heavy atom. The Hall–Kier alpha value is -1.51. The molecular weight excluding hydrogens is 202 g/mol. The molecule has 0 bridgehead atoms. The second kappa shape index (κ2) is 4.56. The maximum Gasteiger partial charge on any atom is 0.0716 e. The van der Waals surface area contributed by atoms with E-state index in [1.807, 2.05) is 13.0 Å². The molecule has 1 aromatic rings. The molecule has 0 aliphatic carbocycles. The van der Waals surface area contributed by atoms with E-state index in [0.717, 1.165) is 24.3 Å². The van der Waals surface area contributed by atoms with Crippen LogP contribution in [0.4, 0.5) is 5.69 Å². The number of hydrogen-bond donors (Lipinski definition) is 0. The molecule has 0 spiro atoms. The highest BCUT2D eigenvalue weighted by atomic mass is 16.4. The highest BCUT2D eigenvalue weighted by Gasteiger charge is 2.13. The van der Waals surface area contributed by atoms with Crippen molar-refractivity contribution in [1.82, 2.24) is 0 Å². The molecule has 1 fully saturated rings. The van der Waals surface area contributed by atoms with Gasteiger partial charge in [0, 0.05) is 18.8 Å². The van der Waals surface area contributed by atoms with Gasteiger partial charge in [0.2, 0.25) is 0 Å². The van der Waals surface area contributed by atoms with E-state index < -0.39 is 5.97 Å². The first-order chi connectivity index (χ1) is 7.68. The van der Waals surface area contributed by atoms with E-state index in [4.69, 9.17) is 0 Å². The number of rotatable bonds is 2. The van der Waals surface area contributed by atoms with Crippen molar-refractivity contribution in [3.8, 4) is 0 Å². The molecule has 0 atom stereocenters. The van der Waals surface area contributed by atoms with Crippen LogP contribution in [0.2, 0.25) is 0 Å². The lowest BCUT2D eigenvalue weighted by atomic mass is 10.1. The zero-order valence-electron chi connectivity index (χ0n) is 9.53. The summed E-state index contributed by atoms with van der Waals surface area (Å²) in [6.45, 7) is 4.07. The van der Waals surface area contributed by atoms with Crippen molar-refractivity contribution in [3.05, 3.63) is 29.3 Å². The minimum absolute atomic E-state index is 0.270. The van der Waals surface area contributed by atoms with Gasteiger partial charge in [-0.3, -0.25) is 0 Å². The summed E-state index contributed by atoms with van der Waals surface area (Å²) in [4.78, 5) is 13.1. The molecule has 0 unspecified atom stereocenters. The normalized spacial score (nSPS) is 16.2. The van der Waals surface area contributed by atoms with Gasteiger partial charge in [0.1, 0.15) is 0 Å². The lowest BCUT2D eigenvalue weighted by Gasteiger charge is -2.30. The van der Waals surface area contributed by atoms with Crippen LogP contribution in [0, 0.1) is 6.92 Å². The third-order valence-electron chi connectivity index (χ3n) is 3.14. The average Bonchev–Trinajstić information content (AvgIpc) is 2.30. The highest BCUT2D eigenvalue weighted by molar-refractivity contribution is 5.87. The molecule has 1 aliphatic heterocycles. The van der Waals surface area contributed by atoms with Crippen molar-refractivity contribution in [3.63, 3.8) is 0 Å². The van der Waals surface area contributed by atoms with E-state index >= 15 is 0 Å². The number of piperidine rings is 1. The molecule has 0 N–H and O–H groups in total. The maximum absolute atomic E-state index is 10.8. The van der Waals surface area contributed by atoms with Crippen LogP contribution in [0.5, 0.6) is 0 Å². The summed E-state index contributed by atoms with van der Waals surface area (Å²) in [5, 5.41) is 10.8. The second-order valence-corrected chi connectivity index (χ2v) is 4.34. The van der Waals surface area contributed by atoms with Crippen LogP contribution >= 0.6 is 0 Å². The summed E-state index contributed by atoms with van der Waals surface area (Å²) < 4.78 is 0. The monoisotopic (exact) mass is 218 g/mol. The van der Waals surface area contributed by atoms with Crippen LogP contribution in [0.15, 0.2) is 18.2 Å². The Kier molecular flexibility index (Phi) is 3.13. The Balaban J connectivity index is 2.30. The summed E-state index contributed by atoms with van der Waals surface area (Å²) in [5.74, 6) is -1.10. The van der Waals surface area contributed by atoms with Gasteiger partial charge >= 0.3 is 0 Å². The molecule has 0 aromatic heterocycles. The van der Waals surface area contributed by atoms with Gasteiger partial charge in [0.05, 0.1) is 5.97 Å². The van der Waals surface area contributed by atoms with Crippen LogP contribution in [0.3, 0.4) is 0 Å². The first-order valence-electron chi connectivity index (χ1n) is 5.75. The van der Waals surface area contributed by atoms with Crippen molar-refractivity contribution in [1.29, 1.82) is 0 Å². The van der Waals surface area contributed by atoms with E-state index in [0.29, 0.717) is 0 Å². The number of anilines is 1. The first kappa shape index (κ1) is 11.0. The molecule has 2 rings (SSSR count). The van der Waals surface area contributed by atoms with Gasteiger partial charge in [0.15, 0.2) is 0 Å². The Morgan fingerprint density at radius 1 is 1.25 bits per heavy atom. The molecule has 1 saturated heterocycles. The largest absolute Gasteiger partial charge is 0.545 e. The van der Waals surface area contributed by atoms with Crippen LogP contribution in [-0.4, -0.2) is 19.1 Å². The van der Waals surface area contributed by atoms with Gasteiger partial charge in [-0.15, -0.1) is 0 Å². The smallest absolute Gasteiger partial charge is 0.0716 e. The van der Waals surface area contributed by atoms with Gasteiger partial charge in [-0.1, -0.05) is 12.1 Å². The molecule has 1 aromatic carbocycles. The number of carbonyl (C=O) groups is 1. The Morgan fingerprint density at radius 3 is 2.56 bits per heavy atom. The van der Waals surface area contributed by atoms with Crippen molar-refractivity contribution in [2.75, 3.05) is 18.0 Å². The fourth-order valence-electron chi connectivity index (χ4n) is 2.21. The zero-order valence-corrected chi connectivity index (χ0v) is 9.53.